The van der Waals surface area contributed by atoms with Crippen molar-refractivity contribution in [3.8, 4) is 23.6 Å². The fourth-order valence-corrected chi connectivity index (χ4v) is 1.61. The monoisotopic (exact) mass is 308 g/mol. The summed E-state index contributed by atoms with van der Waals surface area (Å²) in [5.74, 6) is 0.998. The number of benzene rings is 1. The standard InChI is InChI=1S/C15H12N6O2/c1-22-15-6-11(20-21-12(7-16)8-17)2-3-14(15)23-10-13-9-18-4-5-19-13/h2-6,9,20H,10H2,1H3. The summed E-state index contributed by atoms with van der Waals surface area (Å²) in [7, 11) is 1.51. The van der Waals surface area contributed by atoms with Crippen LogP contribution in [0.25, 0.3) is 0 Å². The summed E-state index contributed by atoms with van der Waals surface area (Å²) in [4.78, 5) is 8.07. The molecule has 0 saturated heterocycles. The molecule has 0 aliphatic rings. The fraction of sp³-hybridized carbons (Fsp3) is 0.133. The molecule has 0 unspecified atom stereocenters. The van der Waals surface area contributed by atoms with Gasteiger partial charge in [0, 0.05) is 18.5 Å². The van der Waals surface area contributed by atoms with Crippen LogP contribution in [0.4, 0.5) is 5.69 Å². The maximum absolute atomic E-state index is 8.63. The van der Waals surface area contributed by atoms with Crippen molar-refractivity contribution in [3.05, 3.63) is 42.5 Å². The maximum atomic E-state index is 8.63. The zero-order valence-corrected chi connectivity index (χ0v) is 12.2. The summed E-state index contributed by atoms with van der Waals surface area (Å²) >= 11 is 0. The average molecular weight is 308 g/mol. The van der Waals surface area contributed by atoms with Crippen molar-refractivity contribution in [3.63, 3.8) is 0 Å². The second kappa shape index (κ2) is 7.96. The molecule has 0 atom stereocenters. The minimum Gasteiger partial charge on any atom is -0.493 e. The van der Waals surface area contributed by atoms with Crippen molar-refractivity contribution in [2.75, 3.05) is 12.5 Å². The SMILES string of the molecule is COc1cc(NN=C(C#N)C#N)ccc1OCc1cnccn1. The smallest absolute Gasteiger partial charge is 0.237 e. The van der Waals surface area contributed by atoms with Crippen LogP contribution in [0.1, 0.15) is 5.69 Å². The van der Waals surface area contributed by atoms with Crippen molar-refractivity contribution < 1.29 is 9.47 Å². The molecular weight excluding hydrogens is 296 g/mol. The summed E-state index contributed by atoms with van der Waals surface area (Å²) < 4.78 is 10.9. The number of nitrogens with one attached hydrogen (secondary N) is 1. The molecule has 114 valence electrons. The number of ether oxygens (including phenoxy) is 2. The first-order valence-corrected chi connectivity index (χ1v) is 6.46. The summed E-state index contributed by atoms with van der Waals surface area (Å²) in [5, 5.41) is 20.9. The molecule has 0 fully saturated rings. The lowest BCUT2D eigenvalue weighted by Gasteiger charge is -2.11. The number of hydrogen-bond donors (Lipinski definition) is 1. The average Bonchev–Trinajstić information content (AvgIpc) is 2.62. The Morgan fingerprint density at radius 3 is 2.74 bits per heavy atom. The van der Waals surface area contributed by atoms with Crippen molar-refractivity contribution in [1.82, 2.24) is 9.97 Å². The van der Waals surface area contributed by atoms with Crippen LogP contribution in [0.5, 0.6) is 11.5 Å². The minimum atomic E-state index is -0.271. The Balaban J connectivity index is 2.09. The van der Waals surface area contributed by atoms with Gasteiger partial charge in [0.05, 0.1) is 24.7 Å². The molecule has 1 heterocycles. The van der Waals surface area contributed by atoms with Gasteiger partial charge in [-0.15, -0.1) is 0 Å². The molecule has 0 amide bonds. The second-order valence-electron chi connectivity index (χ2n) is 4.15. The van der Waals surface area contributed by atoms with Gasteiger partial charge in [-0.05, 0) is 12.1 Å². The Bertz CT molecular complexity index is 761. The van der Waals surface area contributed by atoms with E-state index < -0.39 is 0 Å². The van der Waals surface area contributed by atoms with Crippen LogP contribution in [0.15, 0.2) is 41.9 Å². The zero-order chi connectivity index (χ0) is 16.5. The number of anilines is 1. The second-order valence-corrected chi connectivity index (χ2v) is 4.15. The number of nitriles is 2. The maximum Gasteiger partial charge on any atom is 0.237 e. The molecule has 0 saturated carbocycles. The molecule has 1 N–H and O–H groups in total. The molecule has 0 aliphatic heterocycles. The molecule has 0 spiro atoms. The molecule has 23 heavy (non-hydrogen) atoms. The van der Waals surface area contributed by atoms with Gasteiger partial charge < -0.3 is 9.47 Å². The summed E-state index contributed by atoms with van der Waals surface area (Å²) in [6.45, 7) is 0.252. The number of hydrogen-bond acceptors (Lipinski definition) is 8. The predicted molar refractivity (Wildman–Crippen MR) is 81.6 cm³/mol. The van der Waals surface area contributed by atoms with E-state index in [0.29, 0.717) is 22.9 Å². The van der Waals surface area contributed by atoms with Gasteiger partial charge in [0.1, 0.15) is 18.7 Å². The van der Waals surface area contributed by atoms with E-state index in [1.807, 2.05) is 0 Å². The number of methoxy groups -OCH3 is 1. The van der Waals surface area contributed by atoms with Crippen LogP contribution in [-0.2, 0) is 6.61 Å². The molecule has 0 aliphatic carbocycles. The number of nitrogens with zero attached hydrogens (tertiary/aromatic N) is 5. The molecule has 2 rings (SSSR count). The highest BCUT2D eigenvalue weighted by molar-refractivity contribution is 6.10. The first-order chi connectivity index (χ1) is 11.3. The van der Waals surface area contributed by atoms with Gasteiger partial charge >= 0.3 is 0 Å². The number of aromatic nitrogens is 2. The lowest BCUT2D eigenvalue weighted by molar-refractivity contribution is 0.280. The lowest BCUT2D eigenvalue weighted by Crippen LogP contribution is -2.01. The molecule has 8 heteroatoms. The molecular formula is C15H12N6O2. The molecule has 1 aromatic heterocycles. The van der Waals surface area contributed by atoms with E-state index in [2.05, 4.69) is 20.5 Å². The topological polar surface area (TPSA) is 116 Å². The highest BCUT2D eigenvalue weighted by Gasteiger charge is 2.07. The normalized spacial score (nSPS) is 9.17. The van der Waals surface area contributed by atoms with Gasteiger partial charge in [-0.2, -0.15) is 15.6 Å². The third kappa shape index (κ3) is 4.41. The molecule has 0 bridgehead atoms. The molecule has 2 aromatic rings. The van der Waals surface area contributed by atoms with Crippen molar-refractivity contribution in [1.29, 1.82) is 10.5 Å². The van der Waals surface area contributed by atoms with Crippen molar-refractivity contribution in [2.24, 2.45) is 5.10 Å². The Morgan fingerprint density at radius 2 is 2.09 bits per heavy atom. The third-order valence-corrected chi connectivity index (χ3v) is 2.66. The Labute approximate surface area is 132 Å². The summed E-state index contributed by atoms with van der Waals surface area (Å²) in [6, 6.07) is 8.33. The first kappa shape index (κ1) is 15.7. The van der Waals surface area contributed by atoms with Crippen molar-refractivity contribution in [2.45, 2.75) is 6.61 Å². The zero-order valence-electron chi connectivity index (χ0n) is 12.2. The number of rotatable bonds is 6. The van der Waals surface area contributed by atoms with Crippen LogP contribution in [0.2, 0.25) is 0 Å². The van der Waals surface area contributed by atoms with Crippen molar-refractivity contribution >= 4 is 11.4 Å². The van der Waals surface area contributed by atoms with Crippen LogP contribution in [0, 0.1) is 22.7 Å². The fourth-order valence-electron chi connectivity index (χ4n) is 1.61. The van der Waals surface area contributed by atoms with E-state index in [-0.39, 0.29) is 12.3 Å². The van der Waals surface area contributed by atoms with E-state index in [1.165, 1.54) is 7.11 Å². The van der Waals surface area contributed by atoms with Crippen LogP contribution in [0.3, 0.4) is 0 Å². The van der Waals surface area contributed by atoms with E-state index in [0.717, 1.165) is 0 Å². The van der Waals surface area contributed by atoms with Gasteiger partial charge in [-0.3, -0.25) is 15.4 Å². The Kier molecular flexibility index (Phi) is 5.44. The minimum absolute atomic E-state index is 0.252. The van der Waals surface area contributed by atoms with E-state index in [1.54, 1.807) is 48.9 Å². The van der Waals surface area contributed by atoms with E-state index >= 15 is 0 Å². The van der Waals surface area contributed by atoms with Crippen LogP contribution in [-0.4, -0.2) is 22.8 Å². The first-order valence-electron chi connectivity index (χ1n) is 6.46. The van der Waals surface area contributed by atoms with E-state index in [9.17, 15) is 0 Å². The Morgan fingerprint density at radius 1 is 1.26 bits per heavy atom. The highest BCUT2D eigenvalue weighted by Crippen LogP contribution is 2.30. The van der Waals surface area contributed by atoms with Gasteiger partial charge in [-0.25, -0.2) is 0 Å². The summed E-state index contributed by atoms with van der Waals surface area (Å²) in [5.41, 5.74) is 3.58. The lowest BCUT2D eigenvalue weighted by atomic mass is 10.3. The van der Waals surface area contributed by atoms with Crippen LogP contribution < -0.4 is 14.9 Å². The molecule has 8 nitrogen and oxygen atoms in total. The van der Waals surface area contributed by atoms with Gasteiger partial charge in [0.25, 0.3) is 0 Å². The van der Waals surface area contributed by atoms with Gasteiger partial charge in [0.2, 0.25) is 5.71 Å². The van der Waals surface area contributed by atoms with Gasteiger partial charge in [0.15, 0.2) is 11.5 Å². The van der Waals surface area contributed by atoms with E-state index in [4.69, 9.17) is 20.0 Å². The highest BCUT2D eigenvalue weighted by atomic mass is 16.5. The van der Waals surface area contributed by atoms with Crippen LogP contribution >= 0.6 is 0 Å². The molecule has 1 aromatic carbocycles. The number of hydrazone groups is 1. The largest absolute Gasteiger partial charge is 0.493 e. The Hall–Kier alpha value is -3.65. The quantitative estimate of drug-likeness (QED) is 0.639. The predicted octanol–water partition coefficient (Wildman–Crippen LogP) is 1.88. The van der Waals surface area contributed by atoms with Gasteiger partial charge in [-0.1, -0.05) is 0 Å². The summed E-state index contributed by atoms with van der Waals surface area (Å²) in [6.07, 6.45) is 4.78. The molecule has 0 radical (unpaired) electrons. The third-order valence-electron chi connectivity index (χ3n) is 2.66.